The smallest absolute Gasteiger partial charge is 0.424 e. The van der Waals surface area contributed by atoms with Crippen LogP contribution in [0.1, 0.15) is 69.6 Å². The summed E-state index contributed by atoms with van der Waals surface area (Å²) in [4.78, 5) is 50.7. The predicted octanol–water partition coefficient (Wildman–Crippen LogP) is 6.64. The minimum atomic E-state index is -0.759. The molecule has 3 amide bonds. The molecule has 3 rings (SSSR count). The second kappa shape index (κ2) is 21.8. The lowest BCUT2D eigenvalue weighted by Crippen LogP contribution is -2.51. The van der Waals surface area contributed by atoms with Crippen LogP contribution in [0.4, 0.5) is 14.4 Å². The molecule has 0 saturated carbocycles. The zero-order valence-electron chi connectivity index (χ0n) is 29.2. The van der Waals surface area contributed by atoms with E-state index >= 15 is 0 Å². The average Bonchev–Trinajstić information content (AvgIpc) is 3.10. The van der Waals surface area contributed by atoms with Gasteiger partial charge in [-0.1, -0.05) is 104 Å². The number of hydrazine groups is 1. The van der Waals surface area contributed by atoms with Crippen LogP contribution in [0.25, 0.3) is 0 Å². The first kappa shape index (κ1) is 39.3. The van der Waals surface area contributed by atoms with Crippen LogP contribution in [-0.2, 0) is 43.6 Å². The van der Waals surface area contributed by atoms with Gasteiger partial charge in [-0.25, -0.2) is 24.8 Å². The minimum absolute atomic E-state index is 0.0229. The Morgan fingerprint density at radius 2 is 1.18 bits per heavy atom. The van der Waals surface area contributed by atoms with Gasteiger partial charge in [0.25, 0.3) is 0 Å². The van der Waals surface area contributed by atoms with Crippen LogP contribution in [0.3, 0.4) is 0 Å². The van der Waals surface area contributed by atoms with Crippen LogP contribution in [0.5, 0.6) is 0 Å². The maximum absolute atomic E-state index is 13.2. The van der Waals surface area contributed by atoms with Crippen LogP contribution in [-0.4, -0.2) is 60.5 Å². The van der Waals surface area contributed by atoms with Crippen molar-refractivity contribution in [2.75, 3.05) is 19.6 Å². The number of nitrogens with one attached hydrogen (secondary N) is 3. The Balaban J connectivity index is 1.51. The number of hydrogen-bond acceptors (Lipinski definition) is 9. The molecule has 0 aliphatic carbocycles. The van der Waals surface area contributed by atoms with E-state index < -0.39 is 35.9 Å². The molecule has 50 heavy (non-hydrogen) atoms. The van der Waals surface area contributed by atoms with E-state index in [-0.39, 0.29) is 32.8 Å². The van der Waals surface area contributed by atoms with Gasteiger partial charge in [-0.15, -0.1) is 0 Å². The number of benzene rings is 3. The van der Waals surface area contributed by atoms with Gasteiger partial charge in [0.1, 0.15) is 25.4 Å². The van der Waals surface area contributed by atoms with E-state index in [1.54, 1.807) is 20.8 Å². The first-order valence-electron chi connectivity index (χ1n) is 16.9. The van der Waals surface area contributed by atoms with Crippen LogP contribution in [0.2, 0.25) is 0 Å². The number of unbranched alkanes of at least 4 members (excludes halogenated alkanes) is 3. The number of carbonyl (C=O) groups is 4. The predicted molar refractivity (Wildman–Crippen MR) is 188 cm³/mol. The number of esters is 1. The summed E-state index contributed by atoms with van der Waals surface area (Å²) in [7, 11) is 0. The van der Waals surface area contributed by atoms with Crippen molar-refractivity contribution in [1.29, 1.82) is 0 Å². The number of amides is 3. The van der Waals surface area contributed by atoms with Gasteiger partial charge in [0, 0.05) is 19.6 Å². The third kappa shape index (κ3) is 17.3. The van der Waals surface area contributed by atoms with E-state index in [4.69, 9.17) is 18.9 Å². The van der Waals surface area contributed by atoms with Crippen molar-refractivity contribution >= 4 is 24.2 Å². The number of alkyl carbamates (subject to hydrolysis) is 2. The Morgan fingerprint density at radius 1 is 0.660 bits per heavy atom. The fourth-order valence-corrected chi connectivity index (χ4v) is 4.61. The van der Waals surface area contributed by atoms with Crippen molar-refractivity contribution in [2.45, 2.75) is 84.3 Å². The molecule has 12 nitrogen and oxygen atoms in total. The summed E-state index contributed by atoms with van der Waals surface area (Å²) in [6.07, 6.45) is 1.03. The summed E-state index contributed by atoms with van der Waals surface area (Å²) in [5, 5.41) is 6.83. The van der Waals surface area contributed by atoms with Gasteiger partial charge < -0.3 is 29.6 Å². The number of nitrogens with zero attached hydrogens (tertiary/aromatic N) is 1. The normalized spacial score (nSPS) is 11.5. The number of carbonyl (C=O) groups excluding carboxylic acids is 4. The van der Waals surface area contributed by atoms with E-state index in [1.165, 1.54) is 5.01 Å². The molecule has 3 aromatic carbocycles. The Morgan fingerprint density at radius 3 is 1.74 bits per heavy atom. The summed E-state index contributed by atoms with van der Waals surface area (Å²) in [6, 6.07) is 27.3. The van der Waals surface area contributed by atoms with Gasteiger partial charge in [-0.3, -0.25) is 4.79 Å². The monoisotopic (exact) mass is 690 g/mol. The van der Waals surface area contributed by atoms with Crippen molar-refractivity contribution < 1.29 is 38.1 Å². The zero-order valence-corrected chi connectivity index (χ0v) is 29.2. The highest BCUT2D eigenvalue weighted by molar-refractivity contribution is 5.73. The molecule has 270 valence electrons. The molecular weight excluding hydrogens is 640 g/mol. The van der Waals surface area contributed by atoms with Crippen LogP contribution >= 0.6 is 0 Å². The molecule has 1 atom stereocenters. The van der Waals surface area contributed by atoms with Gasteiger partial charge >= 0.3 is 24.2 Å². The fourth-order valence-electron chi connectivity index (χ4n) is 4.61. The Hall–Kier alpha value is -5.10. The molecule has 0 spiro atoms. The number of hydrogen-bond donors (Lipinski definition) is 3. The van der Waals surface area contributed by atoms with E-state index in [2.05, 4.69) is 16.1 Å². The average molecular weight is 691 g/mol. The minimum Gasteiger partial charge on any atom is -0.461 e. The molecule has 3 aromatic rings. The van der Waals surface area contributed by atoms with E-state index in [1.807, 2.05) is 91.0 Å². The molecule has 0 heterocycles. The quantitative estimate of drug-likeness (QED) is 0.0546. The van der Waals surface area contributed by atoms with Gasteiger partial charge in [0.15, 0.2) is 0 Å². The van der Waals surface area contributed by atoms with Crippen molar-refractivity contribution in [3.05, 3.63) is 108 Å². The van der Waals surface area contributed by atoms with Crippen molar-refractivity contribution in [1.82, 2.24) is 21.1 Å². The van der Waals surface area contributed by atoms with Gasteiger partial charge in [0.05, 0.1) is 12.5 Å². The third-order valence-corrected chi connectivity index (χ3v) is 7.12. The highest BCUT2D eigenvalue weighted by Crippen LogP contribution is 2.10. The molecule has 0 bridgehead atoms. The van der Waals surface area contributed by atoms with Crippen LogP contribution in [0, 0.1) is 0 Å². The SMILES string of the molecule is CC(C)(C)OC(=O)N[C@H](CNN(CCCCCCNC(=O)OCc1ccccc1)C(=O)OCc1ccccc1)CC(=O)OCc1ccccc1. The van der Waals surface area contributed by atoms with Gasteiger partial charge in [-0.2, -0.15) is 0 Å². The zero-order chi connectivity index (χ0) is 36.0. The summed E-state index contributed by atoms with van der Waals surface area (Å²) in [5.41, 5.74) is 4.89. The van der Waals surface area contributed by atoms with E-state index in [9.17, 15) is 19.2 Å². The highest BCUT2D eigenvalue weighted by Gasteiger charge is 2.24. The lowest BCUT2D eigenvalue weighted by Gasteiger charge is -2.27. The second-order valence-electron chi connectivity index (χ2n) is 12.7. The highest BCUT2D eigenvalue weighted by atomic mass is 16.6. The molecule has 0 aliphatic heterocycles. The summed E-state index contributed by atoms with van der Waals surface area (Å²) < 4.78 is 21.7. The molecule has 0 unspecified atom stereocenters. The van der Waals surface area contributed by atoms with E-state index in [0.717, 1.165) is 36.0 Å². The van der Waals surface area contributed by atoms with Crippen molar-refractivity contribution in [2.24, 2.45) is 0 Å². The molecular formula is C38H50N4O8. The Bertz CT molecular complexity index is 1440. The summed E-state index contributed by atoms with van der Waals surface area (Å²) in [5.74, 6) is -0.521. The first-order valence-corrected chi connectivity index (χ1v) is 16.9. The van der Waals surface area contributed by atoms with Crippen LogP contribution in [0.15, 0.2) is 91.0 Å². The van der Waals surface area contributed by atoms with E-state index in [0.29, 0.717) is 19.5 Å². The molecule has 0 saturated heterocycles. The Labute approximate surface area is 294 Å². The van der Waals surface area contributed by atoms with Crippen molar-refractivity contribution in [3.63, 3.8) is 0 Å². The molecule has 0 fully saturated rings. The molecule has 3 N–H and O–H groups in total. The lowest BCUT2D eigenvalue weighted by atomic mass is 10.2. The maximum atomic E-state index is 13.2. The Kier molecular flexibility index (Phi) is 17.1. The fraction of sp³-hybridized carbons (Fsp3) is 0.421. The number of rotatable bonds is 19. The molecule has 0 aromatic heterocycles. The maximum Gasteiger partial charge on any atom is 0.424 e. The summed E-state index contributed by atoms with van der Waals surface area (Å²) in [6.45, 7) is 6.40. The third-order valence-electron chi connectivity index (χ3n) is 7.12. The first-order chi connectivity index (χ1) is 24.1. The second-order valence-corrected chi connectivity index (χ2v) is 12.7. The lowest BCUT2D eigenvalue weighted by molar-refractivity contribution is -0.145. The van der Waals surface area contributed by atoms with Crippen molar-refractivity contribution in [3.8, 4) is 0 Å². The standard InChI is InChI=1S/C38H50N4O8/c1-38(2,3)50-36(45)41-33(25-34(43)47-27-30-17-9-6-10-18-30)26-40-42(37(46)49-29-32-21-13-8-14-22-32)24-16-5-4-15-23-39-35(44)48-28-31-19-11-7-12-20-31/h6-14,17-22,33,40H,4-5,15-16,23-29H2,1-3H3,(H,39,44)(H,41,45)/t33-/m0/s1. The van der Waals surface area contributed by atoms with Gasteiger partial charge in [0.2, 0.25) is 0 Å². The largest absolute Gasteiger partial charge is 0.461 e. The molecule has 12 heteroatoms. The molecule has 0 aliphatic rings. The number of ether oxygens (including phenoxy) is 4. The summed E-state index contributed by atoms with van der Waals surface area (Å²) >= 11 is 0. The van der Waals surface area contributed by atoms with Gasteiger partial charge in [-0.05, 0) is 50.3 Å². The molecule has 0 radical (unpaired) electrons. The van der Waals surface area contributed by atoms with Crippen LogP contribution < -0.4 is 16.1 Å². The topological polar surface area (TPSA) is 145 Å².